The molecule has 4 heteroatoms. The highest BCUT2D eigenvalue weighted by molar-refractivity contribution is 6.10. The molecule has 0 radical (unpaired) electrons. The average molecular weight is 318 g/mol. The van der Waals surface area contributed by atoms with Gasteiger partial charge in [-0.1, -0.05) is 36.4 Å². The molecular formula is C20H18N2O2. The van der Waals surface area contributed by atoms with Gasteiger partial charge < -0.3 is 4.74 Å². The Hall–Kier alpha value is -3.06. The number of methoxy groups -OCH3 is 1. The van der Waals surface area contributed by atoms with Crippen molar-refractivity contribution in [1.82, 2.24) is 0 Å². The highest BCUT2D eigenvalue weighted by atomic mass is 16.5. The van der Waals surface area contributed by atoms with Gasteiger partial charge in [0, 0.05) is 17.7 Å². The summed E-state index contributed by atoms with van der Waals surface area (Å²) in [7, 11) is 1.59. The number of rotatable bonds is 3. The van der Waals surface area contributed by atoms with Gasteiger partial charge in [-0.05, 0) is 36.8 Å². The van der Waals surface area contributed by atoms with Gasteiger partial charge in [0.25, 0.3) is 5.91 Å². The lowest BCUT2D eigenvalue weighted by Gasteiger charge is -2.32. The molecule has 0 bridgehead atoms. The minimum absolute atomic E-state index is 0.220. The van der Waals surface area contributed by atoms with E-state index in [0.717, 1.165) is 11.1 Å². The maximum Gasteiger partial charge on any atom is 0.255 e. The minimum atomic E-state index is -1.07. The van der Waals surface area contributed by atoms with Crippen LogP contribution in [0.5, 0.6) is 5.75 Å². The molecule has 0 aromatic heterocycles. The molecule has 24 heavy (non-hydrogen) atoms. The third kappa shape index (κ3) is 2.35. The average Bonchev–Trinajstić information content (AvgIpc) is 2.87. The molecule has 120 valence electrons. The summed E-state index contributed by atoms with van der Waals surface area (Å²) in [6.07, 6.45) is 0.289. The summed E-state index contributed by atoms with van der Waals surface area (Å²) in [4.78, 5) is 14.3. The fraction of sp³-hybridized carbons (Fsp3) is 0.200. The first kappa shape index (κ1) is 15.8. The van der Waals surface area contributed by atoms with Crippen LogP contribution in [0.2, 0.25) is 0 Å². The first-order chi connectivity index (χ1) is 11.5. The van der Waals surface area contributed by atoms with Crippen LogP contribution in [0.3, 0.4) is 0 Å². The molecule has 0 spiro atoms. The fourth-order valence-electron chi connectivity index (χ4n) is 3.08. The molecule has 1 fully saturated rings. The smallest absolute Gasteiger partial charge is 0.255 e. The Kier molecular flexibility index (Phi) is 3.86. The summed E-state index contributed by atoms with van der Waals surface area (Å²) >= 11 is 0. The second kappa shape index (κ2) is 5.86. The predicted molar refractivity (Wildman–Crippen MR) is 92.7 cm³/mol. The number of ether oxygens (including phenoxy) is 1. The Morgan fingerprint density at radius 3 is 2.33 bits per heavy atom. The number of carbonyl (C=O) groups excluding carboxylic acids is 1. The molecule has 1 aliphatic rings. The number of anilines is 1. The molecule has 1 heterocycles. The summed E-state index contributed by atoms with van der Waals surface area (Å²) in [6.45, 7) is 5.85. The standard InChI is InChI=1S/C20H18N2O2/c1-14-4-6-16(7-5-14)20(13-21)12-15(2)19(23)22(20)17-8-10-18(24-3)11-9-17/h4-11H,2,12H2,1,3H3. The van der Waals surface area contributed by atoms with Crippen LogP contribution in [-0.4, -0.2) is 13.0 Å². The van der Waals surface area contributed by atoms with Gasteiger partial charge in [-0.25, -0.2) is 0 Å². The second-order valence-corrected chi connectivity index (χ2v) is 5.96. The van der Waals surface area contributed by atoms with Crippen molar-refractivity contribution in [2.45, 2.75) is 18.9 Å². The van der Waals surface area contributed by atoms with E-state index in [4.69, 9.17) is 4.74 Å². The van der Waals surface area contributed by atoms with Gasteiger partial charge in [-0.2, -0.15) is 5.26 Å². The largest absolute Gasteiger partial charge is 0.497 e. The highest BCUT2D eigenvalue weighted by Crippen LogP contribution is 2.44. The van der Waals surface area contributed by atoms with Crippen LogP contribution in [-0.2, 0) is 10.3 Å². The molecule has 1 atom stereocenters. The lowest BCUT2D eigenvalue weighted by atomic mass is 9.87. The van der Waals surface area contributed by atoms with Crippen LogP contribution in [0.1, 0.15) is 17.5 Å². The van der Waals surface area contributed by atoms with Gasteiger partial charge >= 0.3 is 0 Å². The van der Waals surface area contributed by atoms with Crippen molar-refractivity contribution >= 4 is 11.6 Å². The van der Waals surface area contributed by atoms with Gasteiger partial charge in [-0.15, -0.1) is 0 Å². The van der Waals surface area contributed by atoms with Gasteiger partial charge in [0.2, 0.25) is 0 Å². The van der Waals surface area contributed by atoms with Crippen molar-refractivity contribution in [2.24, 2.45) is 0 Å². The molecule has 1 saturated heterocycles. The maximum absolute atomic E-state index is 12.7. The molecule has 4 nitrogen and oxygen atoms in total. The fourth-order valence-corrected chi connectivity index (χ4v) is 3.08. The van der Waals surface area contributed by atoms with Gasteiger partial charge in [-0.3, -0.25) is 9.69 Å². The van der Waals surface area contributed by atoms with E-state index in [0.29, 0.717) is 17.0 Å². The lowest BCUT2D eigenvalue weighted by molar-refractivity contribution is -0.114. The van der Waals surface area contributed by atoms with Crippen molar-refractivity contribution in [1.29, 1.82) is 5.26 Å². The van der Waals surface area contributed by atoms with Crippen molar-refractivity contribution in [3.63, 3.8) is 0 Å². The molecule has 1 amide bonds. The number of carbonyl (C=O) groups is 1. The van der Waals surface area contributed by atoms with Crippen LogP contribution in [0, 0.1) is 18.3 Å². The van der Waals surface area contributed by atoms with Crippen molar-refractivity contribution < 1.29 is 9.53 Å². The SMILES string of the molecule is C=C1CC(C#N)(c2ccc(C)cc2)N(c2ccc(OC)cc2)C1=O. The van der Waals surface area contributed by atoms with E-state index in [2.05, 4.69) is 12.6 Å². The van der Waals surface area contributed by atoms with Crippen LogP contribution in [0.4, 0.5) is 5.69 Å². The quantitative estimate of drug-likeness (QED) is 0.811. The van der Waals surface area contributed by atoms with Gasteiger partial charge in [0.1, 0.15) is 5.75 Å². The van der Waals surface area contributed by atoms with E-state index >= 15 is 0 Å². The number of aryl methyl sites for hydroxylation is 1. The summed E-state index contributed by atoms with van der Waals surface area (Å²) in [6, 6.07) is 17.2. The number of hydrogen-bond donors (Lipinski definition) is 0. The molecule has 2 aromatic carbocycles. The topological polar surface area (TPSA) is 53.3 Å². The van der Waals surface area contributed by atoms with E-state index in [-0.39, 0.29) is 12.3 Å². The predicted octanol–water partition coefficient (Wildman–Crippen LogP) is 3.72. The lowest BCUT2D eigenvalue weighted by Crippen LogP contribution is -2.42. The van der Waals surface area contributed by atoms with E-state index < -0.39 is 5.54 Å². The zero-order chi connectivity index (χ0) is 17.3. The monoisotopic (exact) mass is 318 g/mol. The van der Waals surface area contributed by atoms with E-state index in [1.807, 2.05) is 31.2 Å². The van der Waals surface area contributed by atoms with Crippen molar-refractivity contribution in [3.8, 4) is 11.8 Å². The molecule has 1 aliphatic heterocycles. The minimum Gasteiger partial charge on any atom is -0.497 e. The summed E-state index contributed by atoms with van der Waals surface area (Å²) < 4.78 is 5.17. The molecule has 2 aromatic rings. The van der Waals surface area contributed by atoms with Crippen LogP contribution < -0.4 is 9.64 Å². The first-order valence-corrected chi connectivity index (χ1v) is 7.66. The second-order valence-electron chi connectivity index (χ2n) is 5.96. The number of amides is 1. The number of hydrogen-bond acceptors (Lipinski definition) is 3. The van der Waals surface area contributed by atoms with Crippen molar-refractivity contribution in [2.75, 3.05) is 12.0 Å². The highest BCUT2D eigenvalue weighted by Gasteiger charge is 2.50. The first-order valence-electron chi connectivity index (χ1n) is 7.66. The summed E-state index contributed by atoms with van der Waals surface area (Å²) in [5.74, 6) is 0.476. The molecule has 3 rings (SSSR count). The summed E-state index contributed by atoms with van der Waals surface area (Å²) in [5.41, 5.74) is 1.91. The third-order valence-electron chi connectivity index (χ3n) is 4.40. The third-order valence-corrected chi connectivity index (χ3v) is 4.40. The normalized spacial score (nSPS) is 20.1. The maximum atomic E-state index is 12.7. The number of nitriles is 1. The zero-order valence-electron chi connectivity index (χ0n) is 13.7. The van der Waals surface area contributed by atoms with Gasteiger partial charge in [0.05, 0.1) is 13.2 Å². The van der Waals surface area contributed by atoms with Crippen LogP contribution in [0.15, 0.2) is 60.7 Å². The Labute approximate surface area is 141 Å². The number of nitrogens with zero attached hydrogens (tertiary/aromatic N) is 2. The Bertz CT molecular complexity index is 831. The molecule has 0 aliphatic carbocycles. The molecule has 0 saturated carbocycles. The molecule has 1 unspecified atom stereocenters. The van der Waals surface area contributed by atoms with E-state index in [1.54, 1.807) is 36.3 Å². The Balaban J connectivity index is 2.15. The zero-order valence-corrected chi connectivity index (χ0v) is 13.7. The Morgan fingerprint density at radius 2 is 1.79 bits per heavy atom. The Morgan fingerprint density at radius 1 is 1.17 bits per heavy atom. The number of benzene rings is 2. The van der Waals surface area contributed by atoms with Crippen molar-refractivity contribution in [3.05, 3.63) is 71.8 Å². The molecular weight excluding hydrogens is 300 g/mol. The van der Waals surface area contributed by atoms with E-state index in [9.17, 15) is 10.1 Å². The van der Waals surface area contributed by atoms with Crippen LogP contribution in [0.25, 0.3) is 0 Å². The summed E-state index contributed by atoms with van der Waals surface area (Å²) in [5, 5.41) is 10.00. The molecule has 0 N–H and O–H groups in total. The van der Waals surface area contributed by atoms with Gasteiger partial charge in [0.15, 0.2) is 5.54 Å². The van der Waals surface area contributed by atoms with Crippen LogP contribution >= 0.6 is 0 Å². The van der Waals surface area contributed by atoms with E-state index in [1.165, 1.54) is 0 Å².